The Balaban J connectivity index is 2.54. The molecule has 86 valence electrons. The maximum atomic E-state index is 11.3. The highest BCUT2D eigenvalue weighted by atomic mass is 16.5. The van der Waals surface area contributed by atoms with E-state index in [4.69, 9.17) is 4.74 Å². The van der Waals surface area contributed by atoms with Gasteiger partial charge in [-0.05, 0) is 30.0 Å². The van der Waals surface area contributed by atoms with E-state index in [-0.39, 0.29) is 5.97 Å². The predicted octanol–water partition coefficient (Wildman–Crippen LogP) is 3.21. The third kappa shape index (κ3) is 4.30. The van der Waals surface area contributed by atoms with Crippen LogP contribution < -0.4 is 0 Å². The molecule has 0 atom stereocenters. The summed E-state index contributed by atoms with van der Waals surface area (Å²) in [5, 5.41) is 0. The van der Waals surface area contributed by atoms with Crippen molar-refractivity contribution in [3.63, 3.8) is 0 Å². The van der Waals surface area contributed by atoms with Crippen LogP contribution in [0, 0.1) is 12.8 Å². The predicted molar refractivity (Wildman–Crippen MR) is 66.0 cm³/mol. The van der Waals surface area contributed by atoms with E-state index >= 15 is 0 Å². The Kier molecular flexibility index (Phi) is 4.77. The van der Waals surface area contributed by atoms with Gasteiger partial charge in [-0.1, -0.05) is 38.1 Å². The molecule has 0 aliphatic rings. The summed E-state index contributed by atoms with van der Waals surface area (Å²) < 4.78 is 5.04. The summed E-state index contributed by atoms with van der Waals surface area (Å²) in [5.41, 5.74) is 2.19. The first kappa shape index (κ1) is 12.5. The first-order chi connectivity index (χ1) is 7.59. The summed E-state index contributed by atoms with van der Waals surface area (Å²) in [5.74, 6) is 0.0905. The van der Waals surface area contributed by atoms with Crippen LogP contribution in [-0.2, 0) is 9.53 Å². The van der Waals surface area contributed by atoms with Gasteiger partial charge in [-0.25, -0.2) is 4.79 Å². The van der Waals surface area contributed by atoms with E-state index in [2.05, 4.69) is 0 Å². The second kappa shape index (κ2) is 6.11. The average molecular weight is 218 g/mol. The number of esters is 1. The molecule has 0 radical (unpaired) electrons. The Morgan fingerprint density at radius 2 is 2.06 bits per heavy atom. The van der Waals surface area contributed by atoms with Crippen molar-refractivity contribution < 1.29 is 9.53 Å². The maximum absolute atomic E-state index is 11.3. The lowest BCUT2D eigenvalue weighted by Gasteiger charge is -2.04. The number of rotatable bonds is 4. The zero-order chi connectivity index (χ0) is 12.0. The Morgan fingerprint density at radius 3 is 2.69 bits per heavy atom. The molecule has 0 aliphatic heterocycles. The molecular formula is C14H18O2. The van der Waals surface area contributed by atoms with Crippen LogP contribution in [0.15, 0.2) is 30.3 Å². The lowest BCUT2D eigenvalue weighted by molar-refractivity contribution is -0.138. The van der Waals surface area contributed by atoms with Crippen LogP contribution in [0.3, 0.4) is 0 Å². The molecule has 1 aromatic rings. The lowest BCUT2D eigenvalue weighted by atomic mass is 10.1. The first-order valence-electron chi connectivity index (χ1n) is 5.50. The van der Waals surface area contributed by atoms with E-state index in [0.717, 1.165) is 11.1 Å². The molecule has 0 saturated carbocycles. The average Bonchev–Trinajstić information content (AvgIpc) is 2.25. The molecule has 0 unspecified atom stereocenters. The Hall–Kier alpha value is -1.57. The Morgan fingerprint density at radius 1 is 1.38 bits per heavy atom. The Bertz CT molecular complexity index is 378. The van der Waals surface area contributed by atoms with Crippen molar-refractivity contribution in [2.75, 3.05) is 6.61 Å². The number of aryl methyl sites for hydroxylation is 1. The summed E-state index contributed by atoms with van der Waals surface area (Å²) in [4.78, 5) is 11.3. The molecule has 2 nitrogen and oxygen atoms in total. The molecule has 0 fully saturated rings. The van der Waals surface area contributed by atoms with Crippen molar-refractivity contribution in [1.82, 2.24) is 0 Å². The van der Waals surface area contributed by atoms with Crippen LogP contribution in [0.4, 0.5) is 0 Å². The van der Waals surface area contributed by atoms with Gasteiger partial charge in [-0.2, -0.15) is 0 Å². The summed E-state index contributed by atoms with van der Waals surface area (Å²) in [6.45, 7) is 6.51. The maximum Gasteiger partial charge on any atom is 0.330 e. The second-order valence-corrected chi connectivity index (χ2v) is 4.21. The SMILES string of the molecule is Cc1ccccc1/C=C/C(=O)OCC(C)C. The molecule has 0 aliphatic carbocycles. The summed E-state index contributed by atoms with van der Waals surface area (Å²) in [6.07, 6.45) is 3.27. The van der Waals surface area contributed by atoms with Gasteiger partial charge < -0.3 is 4.74 Å². The molecule has 1 aromatic carbocycles. The highest BCUT2D eigenvalue weighted by Crippen LogP contribution is 2.08. The van der Waals surface area contributed by atoms with Crippen molar-refractivity contribution in [2.45, 2.75) is 20.8 Å². The topological polar surface area (TPSA) is 26.3 Å². The van der Waals surface area contributed by atoms with Crippen LogP contribution in [0.2, 0.25) is 0 Å². The molecule has 1 rings (SSSR count). The fourth-order valence-electron chi connectivity index (χ4n) is 1.23. The highest BCUT2D eigenvalue weighted by molar-refractivity contribution is 5.87. The third-order valence-electron chi connectivity index (χ3n) is 2.15. The molecule has 0 spiro atoms. The molecule has 0 bridgehead atoms. The first-order valence-corrected chi connectivity index (χ1v) is 5.50. The monoisotopic (exact) mass is 218 g/mol. The van der Waals surface area contributed by atoms with Crippen LogP contribution in [0.1, 0.15) is 25.0 Å². The van der Waals surface area contributed by atoms with E-state index in [9.17, 15) is 4.79 Å². The Labute approximate surface area is 96.9 Å². The van der Waals surface area contributed by atoms with Crippen molar-refractivity contribution in [2.24, 2.45) is 5.92 Å². The standard InChI is InChI=1S/C14H18O2/c1-11(2)10-16-14(15)9-8-13-7-5-4-6-12(13)3/h4-9,11H,10H2,1-3H3/b9-8+. The summed E-state index contributed by atoms with van der Waals surface area (Å²) in [6, 6.07) is 7.91. The normalized spacial score (nSPS) is 11.0. The number of hydrogen-bond donors (Lipinski definition) is 0. The highest BCUT2D eigenvalue weighted by Gasteiger charge is 1.99. The molecular weight excluding hydrogens is 200 g/mol. The smallest absolute Gasteiger partial charge is 0.330 e. The molecule has 0 aromatic heterocycles. The van der Waals surface area contributed by atoms with E-state index in [1.54, 1.807) is 6.08 Å². The zero-order valence-corrected chi connectivity index (χ0v) is 10.1. The number of hydrogen-bond acceptors (Lipinski definition) is 2. The number of benzene rings is 1. The fourth-order valence-corrected chi connectivity index (χ4v) is 1.23. The van der Waals surface area contributed by atoms with Crippen molar-refractivity contribution >= 4 is 12.0 Å². The van der Waals surface area contributed by atoms with Crippen molar-refractivity contribution in [1.29, 1.82) is 0 Å². The third-order valence-corrected chi connectivity index (χ3v) is 2.15. The van der Waals surface area contributed by atoms with Gasteiger partial charge in [-0.3, -0.25) is 0 Å². The van der Waals surface area contributed by atoms with Gasteiger partial charge in [0, 0.05) is 6.08 Å². The second-order valence-electron chi connectivity index (χ2n) is 4.21. The van der Waals surface area contributed by atoms with Crippen LogP contribution in [0.25, 0.3) is 6.08 Å². The van der Waals surface area contributed by atoms with Crippen LogP contribution >= 0.6 is 0 Å². The van der Waals surface area contributed by atoms with Gasteiger partial charge in [0.2, 0.25) is 0 Å². The van der Waals surface area contributed by atoms with E-state index in [1.807, 2.05) is 45.0 Å². The van der Waals surface area contributed by atoms with E-state index in [0.29, 0.717) is 12.5 Å². The molecule has 2 heteroatoms. The number of ether oxygens (including phenoxy) is 1. The van der Waals surface area contributed by atoms with Gasteiger partial charge in [0.25, 0.3) is 0 Å². The van der Waals surface area contributed by atoms with E-state index in [1.165, 1.54) is 6.08 Å². The van der Waals surface area contributed by atoms with Gasteiger partial charge in [0.15, 0.2) is 0 Å². The van der Waals surface area contributed by atoms with Gasteiger partial charge in [0.05, 0.1) is 6.61 Å². The minimum absolute atomic E-state index is 0.281. The van der Waals surface area contributed by atoms with Crippen LogP contribution in [0.5, 0.6) is 0 Å². The minimum Gasteiger partial charge on any atom is -0.462 e. The molecule has 0 heterocycles. The minimum atomic E-state index is -0.281. The molecule has 0 N–H and O–H groups in total. The quantitative estimate of drug-likeness (QED) is 0.573. The number of carbonyl (C=O) groups excluding carboxylic acids is 1. The summed E-state index contributed by atoms with van der Waals surface area (Å²) >= 11 is 0. The fraction of sp³-hybridized carbons (Fsp3) is 0.357. The van der Waals surface area contributed by atoms with E-state index < -0.39 is 0 Å². The van der Waals surface area contributed by atoms with Gasteiger partial charge in [0.1, 0.15) is 0 Å². The van der Waals surface area contributed by atoms with Crippen molar-refractivity contribution in [3.05, 3.63) is 41.5 Å². The van der Waals surface area contributed by atoms with Gasteiger partial charge in [-0.15, -0.1) is 0 Å². The largest absolute Gasteiger partial charge is 0.462 e. The lowest BCUT2D eigenvalue weighted by Crippen LogP contribution is -2.06. The number of carbonyl (C=O) groups is 1. The summed E-state index contributed by atoms with van der Waals surface area (Å²) in [7, 11) is 0. The van der Waals surface area contributed by atoms with Gasteiger partial charge >= 0.3 is 5.97 Å². The van der Waals surface area contributed by atoms with Crippen molar-refractivity contribution in [3.8, 4) is 0 Å². The molecule has 0 amide bonds. The van der Waals surface area contributed by atoms with Crippen LogP contribution in [-0.4, -0.2) is 12.6 Å². The molecule has 16 heavy (non-hydrogen) atoms. The zero-order valence-electron chi connectivity index (χ0n) is 10.1. The molecule has 0 saturated heterocycles.